The van der Waals surface area contributed by atoms with E-state index in [4.69, 9.17) is 18.9 Å². The second-order valence-electron chi connectivity index (χ2n) is 11.1. The monoisotopic (exact) mass is 537 g/mol. The Morgan fingerprint density at radius 3 is 1.84 bits per heavy atom. The van der Waals surface area contributed by atoms with Gasteiger partial charge in [0, 0.05) is 25.3 Å². The van der Waals surface area contributed by atoms with Crippen molar-refractivity contribution in [3.8, 4) is 11.5 Å². The molecule has 0 fully saturated rings. The van der Waals surface area contributed by atoms with E-state index in [0.29, 0.717) is 12.0 Å². The first-order valence-electron chi connectivity index (χ1n) is 13.0. The maximum absolute atomic E-state index is 12.6. The van der Waals surface area contributed by atoms with Crippen LogP contribution in [0.3, 0.4) is 0 Å². The number of ether oxygens (including phenoxy) is 4. The van der Waals surface area contributed by atoms with Gasteiger partial charge in [0.25, 0.3) is 5.72 Å². The lowest BCUT2D eigenvalue weighted by Gasteiger charge is -2.33. The molecular weight excluding hydrogens is 494 g/mol. The Hall–Kier alpha value is -3.14. The van der Waals surface area contributed by atoms with Crippen LogP contribution in [-0.4, -0.2) is 46.5 Å². The Morgan fingerprint density at radius 1 is 0.868 bits per heavy atom. The molecule has 1 atom stereocenters. The second-order valence-corrected chi connectivity index (χ2v) is 11.1. The minimum Gasteiger partial charge on any atom is -0.477 e. The van der Waals surface area contributed by atoms with Crippen molar-refractivity contribution in [2.45, 2.75) is 105 Å². The zero-order valence-corrected chi connectivity index (χ0v) is 24.0. The summed E-state index contributed by atoms with van der Waals surface area (Å²) in [5, 5.41) is 13.0. The minimum absolute atomic E-state index is 0.0271. The molecule has 1 rings (SSSR count). The number of carbonyl (C=O) groups is 4. The third-order valence-electron chi connectivity index (χ3n) is 5.39. The van der Waals surface area contributed by atoms with Crippen molar-refractivity contribution >= 4 is 24.1 Å². The van der Waals surface area contributed by atoms with Crippen LogP contribution in [0.2, 0.25) is 0 Å². The lowest BCUT2D eigenvalue weighted by atomic mass is 10.0. The van der Waals surface area contributed by atoms with Gasteiger partial charge in [-0.3, -0.25) is 14.9 Å². The molecule has 10 heteroatoms. The highest BCUT2D eigenvalue weighted by atomic mass is 16.8. The first-order valence-corrected chi connectivity index (χ1v) is 13.0. The third-order valence-corrected chi connectivity index (χ3v) is 5.39. The number of benzene rings is 1. The van der Waals surface area contributed by atoms with Gasteiger partial charge in [0.05, 0.1) is 0 Å². The molecular formula is C28H43NO9. The van der Waals surface area contributed by atoms with Gasteiger partial charge >= 0.3 is 24.1 Å². The summed E-state index contributed by atoms with van der Waals surface area (Å²) in [6.45, 7) is 16.1. The van der Waals surface area contributed by atoms with Crippen LogP contribution in [0.5, 0.6) is 11.5 Å². The number of esters is 2. The third kappa shape index (κ3) is 11.1. The normalized spacial score (nSPS) is 13.3. The maximum atomic E-state index is 12.6. The van der Waals surface area contributed by atoms with Crippen molar-refractivity contribution in [2.75, 3.05) is 0 Å². The fraction of sp³-hybridized carbons (Fsp3) is 0.643. The molecule has 1 aromatic rings. The summed E-state index contributed by atoms with van der Waals surface area (Å²) in [5.41, 5.74) is -2.71. The predicted molar refractivity (Wildman–Crippen MR) is 141 cm³/mol. The van der Waals surface area contributed by atoms with Crippen LogP contribution in [0.1, 0.15) is 87.1 Å². The molecule has 214 valence electrons. The SMILES string of the molecule is CCC(C)(C)OC(=O)O[C@](Cc1ccc(OC(=O)CC(C)C)c(OC(=O)CC(C)C)c1)(NC(C)C)C(=O)O. The molecule has 0 bridgehead atoms. The molecule has 0 aromatic heterocycles. The van der Waals surface area contributed by atoms with E-state index in [-0.39, 0.29) is 42.6 Å². The van der Waals surface area contributed by atoms with Gasteiger partial charge in [0.2, 0.25) is 0 Å². The fourth-order valence-corrected chi connectivity index (χ4v) is 3.33. The van der Waals surface area contributed by atoms with Crippen LogP contribution in [0.25, 0.3) is 0 Å². The maximum Gasteiger partial charge on any atom is 0.511 e. The molecule has 0 aliphatic carbocycles. The highest BCUT2D eigenvalue weighted by Crippen LogP contribution is 2.32. The van der Waals surface area contributed by atoms with E-state index in [1.165, 1.54) is 18.2 Å². The number of nitrogens with one attached hydrogen (secondary N) is 1. The van der Waals surface area contributed by atoms with Gasteiger partial charge in [-0.15, -0.1) is 0 Å². The van der Waals surface area contributed by atoms with Gasteiger partial charge in [-0.25, -0.2) is 9.59 Å². The first kappa shape index (κ1) is 32.9. The standard InChI is InChI=1S/C28H43NO9/c1-10-27(8,9)37-26(34)38-28(25(32)33,29-19(6)7)16-20-11-12-21(35-23(30)13-17(2)3)22(15-20)36-24(31)14-18(4)5/h11-12,15,17-19,29H,10,13-14,16H2,1-9H3,(H,32,33)/t28-/m0/s1. The van der Waals surface area contributed by atoms with Crippen molar-refractivity contribution < 1.29 is 43.2 Å². The average molecular weight is 538 g/mol. The Kier molecular flexibility index (Phi) is 12.2. The number of carboxylic acids is 1. The van der Waals surface area contributed by atoms with Crippen LogP contribution in [0.15, 0.2) is 18.2 Å². The second kappa shape index (κ2) is 14.1. The zero-order chi connectivity index (χ0) is 29.3. The van der Waals surface area contributed by atoms with E-state index in [1.54, 1.807) is 27.7 Å². The van der Waals surface area contributed by atoms with Crippen molar-refractivity contribution in [1.29, 1.82) is 0 Å². The molecule has 0 saturated heterocycles. The molecule has 1 aromatic carbocycles. The van der Waals surface area contributed by atoms with Crippen molar-refractivity contribution in [3.63, 3.8) is 0 Å². The summed E-state index contributed by atoms with van der Waals surface area (Å²) in [6.07, 6.45) is -0.708. The van der Waals surface area contributed by atoms with Gasteiger partial charge in [-0.05, 0) is 63.6 Å². The van der Waals surface area contributed by atoms with E-state index in [9.17, 15) is 24.3 Å². The summed E-state index contributed by atoms with van der Waals surface area (Å²) in [6, 6.07) is 3.95. The molecule has 0 unspecified atom stereocenters. The Labute approximate surface area is 225 Å². The smallest absolute Gasteiger partial charge is 0.477 e. The molecule has 10 nitrogen and oxygen atoms in total. The highest BCUT2D eigenvalue weighted by molar-refractivity contribution is 5.81. The summed E-state index contributed by atoms with van der Waals surface area (Å²) in [5.74, 6) is -2.41. The van der Waals surface area contributed by atoms with Crippen LogP contribution >= 0.6 is 0 Å². The van der Waals surface area contributed by atoms with Gasteiger partial charge in [0.1, 0.15) is 5.60 Å². The fourth-order valence-electron chi connectivity index (χ4n) is 3.33. The Balaban J connectivity index is 3.44. The van der Waals surface area contributed by atoms with Crippen LogP contribution in [0.4, 0.5) is 4.79 Å². The molecule has 2 N–H and O–H groups in total. The summed E-state index contributed by atoms with van der Waals surface area (Å²) in [7, 11) is 0. The van der Waals surface area contributed by atoms with Gasteiger partial charge in [-0.1, -0.05) is 40.7 Å². The number of aliphatic carboxylic acids is 1. The number of rotatable bonds is 14. The molecule has 0 radical (unpaired) electrons. The number of carboxylic acid groups (broad SMARTS) is 1. The minimum atomic E-state index is -2.19. The largest absolute Gasteiger partial charge is 0.511 e. The van der Waals surface area contributed by atoms with Gasteiger partial charge < -0.3 is 24.1 Å². The summed E-state index contributed by atoms with van der Waals surface area (Å²) in [4.78, 5) is 49.8. The molecule has 0 saturated carbocycles. The molecule has 38 heavy (non-hydrogen) atoms. The Morgan fingerprint density at radius 2 is 1.39 bits per heavy atom. The van der Waals surface area contributed by atoms with Crippen LogP contribution in [-0.2, 0) is 30.3 Å². The quantitative estimate of drug-likeness (QED) is 0.184. The lowest BCUT2D eigenvalue weighted by molar-refractivity contribution is -0.169. The molecule has 0 amide bonds. The van der Waals surface area contributed by atoms with Crippen LogP contribution < -0.4 is 14.8 Å². The number of hydrogen-bond acceptors (Lipinski definition) is 9. The van der Waals surface area contributed by atoms with Crippen LogP contribution in [0, 0.1) is 11.8 Å². The topological polar surface area (TPSA) is 137 Å². The summed E-state index contributed by atoms with van der Waals surface area (Å²) < 4.78 is 21.7. The average Bonchev–Trinajstić information content (AvgIpc) is 2.73. The zero-order valence-electron chi connectivity index (χ0n) is 24.0. The van der Waals surface area contributed by atoms with E-state index in [1.807, 2.05) is 34.6 Å². The van der Waals surface area contributed by atoms with Crippen molar-refractivity contribution in [1.82, 2.24) is 5.32 Å². The van der Waals surface area contributed by atoms with E-state index in [2.05, 4.69) is 5.32 Å². The van der Waals surface area contributed by atoms with E-state index < -0.39 is 41.4 Å². The molecule has 0 spiro atoms. The van der Waals surface area contributed by atoms with Crippen molar-refractivity contribution in [3.05, 3.63) is 23.8 Å². The molecule has 0 aliphatic rings. The van der Waals surface area contributed by atoms with Gasteiger partial charge in [-0.2, -0.15) is 0 Å². The van der Waals surface area contributed by atoms with Gasteiger partial charge in [0.15, 0.2) is 11.5 Å². The highest BCUT2D eigenvalue weighted by Gasteiger charge is 2.45. The van der Waals surface area contributed by atoms with Crippen molar-refractivity contribution in [2.24, 2.45) is 11.8 Å². The summed E-state index contributed by atoms with van der Waals surface area (Å²) >= 11 is 0. The predicted octanol–water partition coefficient (Wildman–Crippen LogP) is 5.25. The lowest BCUT2D eigenvalue weighted by Crippen LogP contribution is -2.59. The molecule has 0 heterocycles. The first-order chi connectivity index (χ1) is 17.5. The Bertz CT molecular complexity index is 985. The van der Waals surface area contributed by atoms with E-state index >= 15 is 0 Å². The number of hydrogen-bond donors (Lipinski definition) is 2. The molecule has 0 aliphatic heterocycles. The van der Waals surface area contributed by atoms with E-state index in [0.717, 1.165) is 0 Å². The number of carbonyl (C=O) groups excluding carboxylic acids is 3.